The van der Waals surface area contributed by atoms with Gasteiger partial charge in [0.25, 0.3) is 5.91 Å². The third-order valence-corrected chi connectivity index (χ3v) is 3.42. The average molecular weight is 282 g/mol. The van der Waals surface area contributed by atoms with Gasteiger partial charge in [-0.1, -0.05) is 6.08 Å². The van der Waals surface area contributed by atoms with E-state index in [1.807, 2.05) is 6.92 Å². The number of thiazole rings is 1. The van der Waals surface area contributed by atoms with Crippen LogP contribution in [0.5, 0.6) is 0 Å². The molecule has 0 radical (unpaired) electrons. The van der Waals surface area contributed by atoms with Gasteiger partial charge < -0.3 is 9.64 Å². The molecule has 1 rings (SSSR count). The molecule has 0 fully saturated rings. The van der Waals surface area contributed by atoms with Gasteiger partial charge in [-0.3, -0.25) is 9.59 Å². The Hall–Kier alpha value is -1.69. The zero-order chi connectivity index (χ0) is 14.4. The van der Waals surface area contributed by atoms with Crippen LogP contribution in [0.3, 0.4) is 0 Å². The van der Waals surface area contributed by atoms with Crippen LogP contribution in [0, 0.1) is 13.8 Å². The molecule has 6 heteroatoms. The fraction of sp³-hybridized carbons (Fsp3) is 0.462. The van der Waals surface area contributed by atoms with Crippen molar-refractivity contribution in [2.24, 2.45) is 0 Å². The summed E-state index contributed by atoms with van der Waals surface area (Å²) in [6.45, 7) is 9.48. The average Bonchev–Trinajstić information content (AvgIpc) is 2.67. The van der Waals surface area contributed by atoms with Crippen LogP contribution in [0.15, 0.2) is 12.7 Å². The molecule has 19 heavy (non-hydrogen) atoms. The van der Waals surface area contributed by atoms with Gasteiger partial charge in [-0.05, 0) is 20.8 Å². The molecule has 0 atom stereocenters. The fourth-order valence-electron chi connectivity index (χ4n) is 1.61. The van der Waals surface area contributed by atoms with Crippen LogP contribution in [0.4, 0.5) is 0 Å². The summed E-state index contributed by atoms with van der Waals surface area (Å²) in [6, 6.07) is 0. The monoisotopic (exact) mass is 282 g/mol. The largest absolute Gasteiger partial charge is 0.465 e. The highest BCUT2D eigenvalue weighted by molar-refractivity contribution is 7.13. The lowest BCUT2D eigenvalue weighted by molar-refractivity contribution is -0.143. The number of esters is 1. The Bertz CT molecular complexity index is 482. The van der Waals surface area contributed by atoms with Gasteiger partial charge in [-0.25, -0.2) is 4.98 Å². The number of aryl methyl sites for hydroxylation is 2. The van der Waals surface area contributed by atoms with Gasteiger partial charge in [0.05, 0.1) is 17.3 Å². The lowest BCUT2D eigenvalue weighted by Crippen LogP contribution is -2.36. The highest BCUT2D eigenvalue weighted by Gasteiger charge is 2.22. The third-order valence-electron chi connectivity index (χ3n) is 2.36. The molecule has 0 N–H and O–H groups in total. The first-order valence-electron chi connectivity index (χ1n) is 5.99. The molecule has 0 aliphatic rings. The molecule has 5 nitrogen and oxygen atoms in total. The highest BCUT2D eigenvalue weighted by Crippen LogP contribution is 2.19. The number of ether oxygens (including phenoxy) is 1. The summed E-state index contributed by atoms with van der Waals surface area (Å²) >= 11 is 1.33. The molecule has 104 valence electrons. The SMILES string of the molecule is C=CCN(CC(=O)OCC)C(=O)c1sc(C)nc1C. The molecule has 1 amide bonds. The lowest BCUT2D eigenvalue weighted by atomic mass is 10.3. The van der Waals surface area contributed by atoms with Crippen LogP contribution in [0.1, 0.15) is 27.3 Å². The van der Waals surface area contributed by atoms with E-state index in [1.54, 1.807) is 19.9 Å². The quantitative estimate of drug-likeness (QED) is 0.591. The summed E-state index contributed by atoms with van der Waals surface area (Å²) in [5.74, 6) is -0.632. The molecule has 0 aromatic carbocycles. The minimum absolute atomic E-state index is 0.0743. The first kappa shape index (κ1) is 15.4. The molecule has 0 bridgehead atoms. The standard InChI is InChI=1S/C13H18N2O3S/c1-5-7-15(8-11(16)18-6-2)13(17)12-9(3)14-10(4)19-12/h5H,1,6-8H2,2-4H3. The lowest BCUT2D eigenvalue weighted by Gasteiger charge is -2.19. The Morgan fingerprint density at radius 1 is 1.47 bits per heavy atom. The summed E-state index contributed by atoms with van der Waals surface area (Å²) in [5, 5.41) is 0.829. The number of carbonyl (C=O) groups is 2. The minimum Gasteiger partial charge on any atom is -0.465 e. The molecule has 0 aliphatic heterocycles. The fourth-order valence-corrected chi connectivity index (χ4v) is 2.50. The van der Waals surface area contributed by atoms with E-state index in [1.165, 1.54) is 16.2 Å². The maximum atomic E-state index is 12.3. The molecular formula is C13H18N2O3S. The van der Waals surface area contributed by atoms with E-state index in [4.69, 9.17) is 4.74 Å². The maximum Gasteiger partial charge on any atom is 0.325 e. The summed E-state index contributed by atoms with van der Waals surface area (Å²) in [6.07, 6.45) is 1.58. The molecular weight excluding hydrogens is 264 g/mol. The number of nitrogens with zero attached hydrogens (tertiary/aromatic N) is 2. The first-order chi connectivity index (χ1) is 8.99. The molecule has 0 aliphatic carbocycles. The Kier molecular flexibility index (Phi) is 5.69. The Morgan fingerprint density at radius 2 is 2.16 bits per heavy atom. The van der Waals surface area contributed by atoms with Crippen LogP contribution in [-0.4, -0.2) is 41.5 Å². The first-order valence-corrected chi connectivity index (χ1v) is 6.81. The van der Waals surface area contributed by atoms with Crippen molar-refractivity contribution in [3.8, 4) is 0 Å². The molecule has 1 aromatic rings. The molecule has 0 saturated carbocycles. The summed E-state index contributed by atoms with van der Waals surface area (Å²) in [4.78, 5) is 30.0. The van der Waals surface area contributed by atoms with Crippen molar-refractivity contribution in [1.82, 2.24) is 9.88 Å². The molecule has 0 saturated heterocycles. The number of amides is 1. The van der Waals surface area contributed by atoms with Crippen molar-refractivity contribution >= 4 is 23.2 Å². The Morgan fingerprint density at radius 3 is 2.63 bits per heavy atom. The van der Waals surface area contributed by atoms with Crippen LogP contribution in [-0.2, 0) is 9.53 Å². The van der Waals surface area contributed by atoms with E-state index in [0.29, 0.717) is 23.7 Å². The molecule has 1 heterocycles. The zero-order valence-corrected chi connectivity index (χ0v) is 12.2. The smallest absolute Gasteiger partial charge is 0.325 e. The van der Waals surface area contributed by atoms with Crippen molar-refractivity contribution in [2.45, 2.75) is 20.8 Å². The number of hydrogen-bond donors (Lipinski definition) is 0. The van der Waals surface area contributed by atoms with Gasteiger partial charge in [0.1, 0.15) is 11.4 Å². The van der Waals surface area contributed by atoms with E-state index in [2.05, 4.69) is 11.6 Å². The van der Waals surface area contributed by atoms with Crippen molar-refractivity contribution in [2.75, 3.05) is 19.7 Å². The van der Waals surface area contributed by atoms with Crippen LogP contribution >= 0.6 is 11.3 Å². The predicted octanol–water partition coefficient (Wildman–Crippen LogP) is 1.95. The van der Waals surface area contributed by atoms with Crippen LogP contribution in [0.25, 0.3) is 0 Å². The van der Waals surface area contributed by atoms with Gasteiger partial charge in [0.15, 0.2) is 0 Å². The van der Waals surface area contributed by atoms with Crippen molar-refractivity contribution in [3.63, 3.8) is 0 Å². The third kappa shape index (κ3) is 4.17. The molecule has 0 unspecified atom stereocenters. The second-order valence-corrected chi connectivity index (χ2v) is 5.13. The summed E-state index contributed by atoms with van der Waals surface area (Å²) < 4.78 is 4.86. The van der Waals surface area contributed by atoms with Crippen LogP contribution in [0.2, 0.25) is 0 Å². The predicted molar refractivity (Wildman–Crippen MR) is 74.3 cm³/mol. The summed E-state index contributed by atoms with van der Waals surface area (Å²) in [7, 11) is 0. The van der Waals surface area contributed by atoms with Gasteiger partial charge in [0.2, 0.25) is 0 Å². The molecule has 0 spiro atoms. The second kappa shape index (κ2) is 7.04. The Balaban J connectivity index is 2.86. The van der Waals surface area contributed by atoms with Crippen molar-refractivity contribution in [3.05, 3.63) is 28.2 Å². The normalized spacial score (nSPS) is 10.1. The number of carbonyl (C=O) groups excluding carboxylic acids is 2. The van der Waals surface area contributed by atoms with E-state index in [0.717, 1.165) is 5.01 Å². The Labute approximate surface area is 116 Å². The van der Waals surface area contributed by atoms with Crippen LogP contribution < -0.4 is 0 Å². The zero-order valence-electron chi connectivity index (χ0n) is 11.4. The number of aromatic nitrogens is 1. The van der Waals surface area contributed by atoms with Gasteiger partial charge in [0, 0.05) is 6.54 Å². The van der Waals surface area contributed by atoms with E-state index < -0.39 is 5.97 Å². The van der Waals surface area contributed by atoms with Gasteiger partial charge in [-0.15, -0.1) is 17.9 Å². The van der Waals surface area contributed by atoms with Crippen molar-refractivity contribution < 1.29 is 14.3 Å². The van der Waals surface area contributed by atoms with Gasteiger partial charge >= 0.3 is 5.97 Å². The topological polar surface area (TPSA) is 59.5 Å². The van der Waals surface area contributed by atoms with Crippen molar-refractivity contribution in [1.29, 1.82) is 0 Å². The highest BCUT2D eigenvalue weighted by atomic mass is 32.1. The molecule has 1 aromatic heterocycles. The van der Waals surface area contributed by atoms with E-state index in [-0.39, 0.29) is 12.5 Å². The van der Waals surface area contributed by atoms with Gasteiger partial charge in [-0.2, -0.15) is 0 Å². The summed E-state index contributed by atoms with van der Waals surface area (Å²) in [5.41, 5.74) is 0.686. The second-order valence-electron chi connectivity index (χ2n) is 3.93. The number of rotatable bonds is 6. The minimum atomic E-state index is -0.420. The van der Waals surface area contributed by atoms with E-state index >= 15 is 0 Å². The maximum absolute atomic E-state index is 12.3. The van der Waals surface area contributed by atoms with E-state index in [9.17, 15) is 9.59 Å². The number of hydrogen-bond acceptors (Lipinski definition) is 5.